The highest BCUT2D eigenvalue weighted by Crippen LogP contribution is 2.15. The predicted octanol–water partition coefficient (Wildman–Crippen LogP) is 6.05. The molecule has 0 bridgehead atoms. The fourth-order valence-corrected chi connectivity index (χ4v) is 4.83. The molecule has 10 heteroatoms. The fourth-order valence-electron chi connectivity index (χ4n) is 4.83. The maximum atomic E-state index is 14.0. The van der Waals surface area contributed by atoms with Gasteiger partial charge < -0.3 is 30.1 Å². The molecule has 10 nitrogen and oxygen atoms in total. The van der Waals surface area contributed by atoms with Crippen LogP contribution >= 0.6 is 0 Å². The lowest BCUT2D eigenvalue weighted by Gasteiger charge is -2.29. The number of carbonyl (C=O) groups excluding carboxylic acids is 4. The molecule has 0 saturated heterocycles. The van der Waals surface area contributed by atoms with Gasteiger partial charge in [-0.05, 0) is 63.3 Å². The van der Waals surface area contributed by atoms with Crippen molar-refractivity contribution in [3.05, 3.63) is 65.7 Å². The van der Waals surface area contributed by atoms with Crippen molar-refractivity contribution >= 4 is 23.9 Å². The summed E-state index contributed by atoms with van der Waals surface area (Å²) in [6, 6.07) is 13.4. The Bertz CT molecular complexity index is 1200. The molecular formula is C36H53N3O7. The van der Waals surface area contributed by atoms with Crippen LogP contribution in [0.2, 0.25) is 0 Å². The van der Waals surface area contributed by atoms with Crippen LogP contribution in [-0.2, 0) is 36.9 Å². The van der Waals surface area contributed by atoms with Gasteiger partial charge in [0.25, 0.3) is 0 Å². The lowest BCUT2D eigenvalue weighted by molar-refractivity contribution is -0.155. The van der Waals surface area contributed by atoms with Crippen molar-refractivity contribution in [2.24, 2.45) is 0 Å². The van der Waals surface area contributed by atoms with E-state index < -0.39 is 35.7 Å². The predicted molar refractivity (Wildman–Crippen MR) is 178 cm³/mol. The molecule has 0 fully saturated rings. The topological polar surface area (TPSA) is 134 Å². The fraction of sp³-hybridized carbons (Fsp3) is 0.556. The van der Waals surface area contributed by atoms with Crippen LogP contribution in [0, 0.1) is 0 Å². The first-order chi connectivity index (χ1) is 21.9. The van der Waals surface area contributed by atoms with Gasteiger partial charge in [0.2, 0.25) is 11.8 Å². The average molecular weight is 640 g/mol. The maximum Gasteiger partial charge on any atom is 0.408 e. The Hall–Kier alpha value is -4.08. The molecule has 2 atom stereocenters. The van der Waals surface area contributed by atoms with Crippen LogP contribution in [0.1, 0.15) is 97.1 Å². The van der Waals surface area contributed by atoms with E-state index in [0.717, 1.165) is 44.1 Å². The number of benzene rings is 2. The van der Waals surface area contributed by atoms with Crippen molar-refractivity contribution in [3.63, 3.8) is 0 Å². The molecule has 3 N–H and O–H groups in total. The molecule has 0 heterocycles. The van der Waals surface area contributed by atoms with E-state index >= 15 is 0 Å². The number of phenolic OH excluding ortho intramolecular Hbond substituents is 1. The van der Waals surface area contributed by atoms with Gasteiger partial charge in [-0.25, -0.2) is 4.79 Å². The number of ether oxygens (including phenoxy) is 2. The molecule has 2 aromatic rings. The molecule has 0 aromatic heterocycles. The Labute approximate surface area is 274 Å². The molecule has 0 radical (unpaired) electrons. The number of rotatable bonds is 19. The second-order valence-corrected chi connectivity index (χ2v) is 12.6. The molecule has 254 valence electrons. The smallest absolute Gasteiger partial charge is 0.408 e. The number of hydrogen-bond acceptors (Lipinski definition) is 7. The van der Waals surface area contributed by atoms with Crippen molar-refractivity contribution in [2.75, 3.05) is 13.1 Å². The number of aromatic hydroxyl groups is 1. The van der Waals surface area contributed by atoms with Crippen molar-refractivity contribution in [2.45, 2.75) is 117 Å². The number of alkyl carbamates (subject to hydrolysis) is 1. The normalized spacial score (nSPS) is 12.5. The molecular weight excluding hydrogens is 586 g/mol. The molecule has 0 spiro atoms. The number of unbranched alkanes of at least 4 members (excludes halogenated alkanes) is 4. The third-order valence-electron chi connectivity index (χ3n) is 7.24. The van der Waals surface area contributed by atoms with Crippen molar-refractivity contribution in [1.29, 1.82) is 0 Å². The van der Waals surface area contributed by atoms with Gasteiger partial charge in [-0.2, -0.15) is 0 Å². The van der Waals surface area contributed by atoms with E-state index in [9.17, 15) is 24.3 Å². The highest BCUT2D eigenvalue weighted by atomic mass is 16.6. The summed E-state index contributed by atoms with van der Waals surface area (Å²) in [6.45, 7) is 10.6. The number of hydrogen-bond donors (Lipinski definition) is 3. The Morgan fingerprint density at radius 2 is 1.41 bits per heavy atom. The summed E-state index contributed by atoms with van der Waals surface area (Å²) < 4.78 is 10.9. The monoisotopic (exact) mass is 639 g/mol. The Morgan fingerprint density at radius 1 is 0.804 bits per heavy atom. The van der Waals surface area contributed by atoms with Crippen LogP contribution in [-0.4, -0.2) is 64.7 Å². The Morgan fingerprint density at radius 3 is 1.98 bits per heavy atom. The maximum absolute atomic E-state index is 14.0. The molecule has 46 heavy (non-hydrogen) atoms. The molecule has 3 amide bonds. The van der Waals surface area contributed by atoms with Crippen molar-refractivity contribution in [1.82, 2.24) is 15.5 Å². The highest BCUT2D eigenvalue weighted by Gasteiger charge is 2.31. The molecule has 2 aromatic carbocycles. The second kappa shape index (κ2) is 20.1. The van der Waals surface area contributed by atoms with E-state index in [1.807, 2.05) is 30.3 Å². The van der Waals surface area contributed by atoms with Crippen LogP contribution in [0.4, 0.5) is 4.79 Å². The summed E-state index contributed by atoms with van der Waals surface area (Å²) >= 11 is 0. The number of nitrogens with one attached hydrogen (secondary N) is 2. The molecule has 0 aliphatic heterocycles. The second-order valence-electron chi connectivity index (χ2n) is 12.6. The van der Waals surface area contributed by atoms with Gasteiger partial charge in [-0.15, -0.1) is 0 Å². The van der Waals surface area contributed by atoms with E-state index in [4.69, 9.17) is 9.47 Å². The van der Waals surface area contributed by atoms with Gasteiger partial charge in [0, 0.05) is 25.9 Å². The summed E-state index contributed by atoms with van der Waals surface area (Å²) in [6.07, 6.45) is 4.87. The summed E-state index contributed by atoms with van der Waals surface area (Å²) in [7, 11) is 0. The SMILES string of the molecule is CCCCCN(CCCCC)C(=O)[C@H](CCC(=O)OC(C)(C)C)NC(=O)[C@H](Cc1ccc(O)cc1)NC(=O)OCc1ccccc1. The minimum Gasteiger partial charge on any atom is -0.508 e. The standard InChI is InChI=1S/C36H53N3O7/c1-6-8-13-23-39(24-14-9-7-2)34(43)30(21-22-32(41)46-36(3,4)5)37-33(42)31(25-27-17-19-29(40)20-18-27)38-35(44)45-26-28-15-11-10-12-16-28/h10-12,15-20,30-31,40H,6-9,13-14,21-26H2,1-5H3,(H,37,42)(H,38,44)/t30-,31-/m0/s1. The average Bonchev–Trinajstić information content (AvgIpc) is 3.01. The lowest BCUT2D eigenvalue weighted by Crippen LogP contribution is -2.55. The van der Waals surface area contributed by atoms with E-state index in [0.29, 0.717) is 18.7 Å². The Balaban J connectivity index is 2.29. The molecule has 2 rings (SSSR count). The van der Waals surface area contributed by atoms with Crippen LogP contribution in [0.5, 0.6) is 5.75 Å². The summed E-state index contributed by atoms with van der Waals surface area (Å²) in [5, 5.41) is 15.2. The molecule has 0 unspecified atom stereocenters. The van der Waals surface area contributed by atoms with Gasteiger partial charge in [0.1, 0.15) is 30.0 Å². The van der Waals surface area contributed by atoms with Crippen LogP contribution in [0.15, 0.2) is 54.6 Å². The first-order valence-corrected chi connectivity index (χ1v) is 16.5. The molecule has 0 saturated carbocycles. The summed E-state index contributed by atoms with van der Waals surface area (Å²) in [4.78, 5) is 55.1. The zero-order valence-corrected chi connectivity index (χ0v) is 28.2. The third kappa shape index (κ3) is 15.3. The quantitative estimate of drug-likeness (QED) is 0.126. The van der Waals surface area contributed by atoms with E-state index in [-0.39, 0.29) is 37.5 Å². The van der Waals surface area contributed by atoms with E-state index in [2.05, 4.69) is 24.5 Å². The van der Waals surface area contributed by atoms with Gasteiger partial charge in [-0.1, -0.05) is 82.0 Å². The summed E-state index contributed by atoms with van der Waals surface area (Å²) in [5.74, 6) is -1.25. The lowest BCUT2D eigenvalue weighted by atomic mass is 10.0. The van der Waals surface area contributed by atoms with E-state index in [1.54, 1.807) is 37.8 Å². The van der Waals surface area contributed by atoms with Crippen LogP contribution in [0.25, 0.3) is 0 Å². The number of amides is 3. The zero-order chi connectivity index (χ0) is 34.0. The van der Waals surface area contributed by atoms with Gasteiger partial charge in [0.05, 0.1) is 0 Å². The highest BCUT2D eigenvalue weighted by molar-refractivity contribution is 5.91. The zero-order valence-electron chi connectivity index (χ0n) is 28.2. The third-order valence-corrected chi connectivity index (χ3v) is 7.24. The Kier molecular flexibility index (Phi) is 16.7. The first-order valence-electron chi connectivity index (χ1n) is 16.5. The summed E-state index contributed by atoms with van der Waals surface area (Å²) in [5.41, 5.74) is 0.778. The molecule has 0 aliphatic carbocycles. The minimum atomic E-state index is -1.10. The van der Waals surface area contributed by atoms with Gasteiger partial charge >= 0.3 is 12.1 Å². The minimum absolute atomic E-state index is 0.0156. The van der Waals surface area contributed by atoms with Crippen LogP contribution < -0.4 is 10.6 Å². The largest absolute Gasteiger partial charge is 0.508 e. The van der Waals surface area contributed by atoms with E-state index in [1.165, 1.54) is 12.1 Å². The van der Waals surface area contributed by atoms with Crippen molar-refractivity contribution in [3.8, 4) is 5.75 Å². The van der Waals surface area contributed by atoms with Gasteiger partial charge in [-0.3, -0.25) is 14.4 Å². The first kappa shape index (κ1) is 38.1. The number of esters is 1. The number of nitrogens with zero attached hydrogens (tertiary/aromatic N) is 1. The number of carbonyl (C=O) groups is 4. The number of phenols is 1. The van der Waals surface area contributed by atoms with Gasteiger partial charge in [0.15, 0.2) is 0 Å². The van der Waals surface area contributed by atoms with Crippen LogP contribution in [0.3, 0.4) is 0 Å². The molecule has 0 aliphatic rings. The van der Waals surface area contributed by atoms with Crippen molar-refractivity contribution < 1.29 is 33.8 Å².